The number of aliphatic hydroxyl groups excluding tert-OH is 6. The van der Waals surface area contributed by atoms with Gasteiger partial charge in [-0.15, -0.1) is 0 Å². The Hall–Kier alpha value is -1.59. The maximum Gasteiger partial charge on any atom is 0.113 e. The van der Waals surface area contributed by atoms with Gasteiger partial charge in [-0.25, -0.2) is 0 Å². The number of aryl methyl sites for hydroxylation is 1. The van der Waals surface area contributed by atoms with Crippen LogP contribution < -0.4 is 0 Å². The van der Waals surface area contributed by atoms with E-state index in [9.17, 15) is 25.5 Å². The first-order chi connectivity index (χ1) is 16.3. The van der Waals surface area contributed by atoms with Gasteiger partial charge in [0, 0.05) is 5.02 Å². The minimum atomic E-state index is -1.53. The summed E-state index contributed by atoms with van der Waals surface area (Å²) >= 11 is 6.58. The van der Waals surface area contributed by atoms with E-state index >= 15 is 0 Å². The van der Waals surface area contributed by atoms with E-state index in [1.807, 2.05) is 12.1 Å². The summed E-state index contributed by atoms with van der Waals surface area (Å²) in [5.41, 5.74) is 4.05. The molecular weight excluding hydrogens is 464 g/mol. The molecule has 1 saturated heterocycles. The Morgan fingerprint density at radius 1 is 0.971 bits per heavy atom. The number of hydrogen-bond acceptors (Lipinski definition) is 8. The lowest BCUT2D eigenvalue weighted by Crippen LogP contribution is -2.55. The third kappa shape index (κ3) is 6.34. The molecule has 2 aromatic carbocycles. The van der Waals surface area contributed by atoms with Crippen LogP contribution in [0.25, 0.3) is 0 Å². The summed E-state index contributed by atoms with van der Waals surface area (Å²) < 4.78 is 11.3. The van der Waals surface area contributed by atoms with Crippen LogP contribution in [0.3, 0.4) is 0 Å². The molecule has 1 fully saturated rings. The Balaban J connectivity index is 1.95. The predicted molar refractivity (Wildman–Crippen MR) is 126 cm³/mol. The van der Waals surface area contributed by atoms with Crippen LogP contribution in [0.1, 0.15) is 40.8 Å². The highest BCUT2D eigenvalue weighted by Gasteiger charge is 2.44. The van der Waals surface area contributed by atoms with Gasteiger partial charge in [-0.05, 0) is 46.7 Å². The third-order valence-electron chi connectivity index (χ3n) is 6.11. The Kier molecular flexibility index (Phi) is 9.84. The van der Waals surface area contributed by atoms with Crippen molar-refractivity contribution in [1.29, 1.82) is 0 Å². The number of aliphatic hydroxyl groups is 6. The summed E-state index contributed by atoms with van der Waals surface area (Å²) in [4.78, 5) is 0. The van der Waals surface area contributed by atoms with Crippen molar-refractivity contribution in [3.63, 3.8) is 0 Å². The summed E-state index contributed by atoms with van der Waals surface area (Å²) in [5, 5.41) is 59.8. The van der Waals surface area contributed by atoms with E-state index in [0.29, 0.717) is 22.6 Å². The molecular formula is C25H33ClO8. The summed E-state index contributed by atoms with van der Waals surface area (Å²) in [6.07, 6.45) is -6.18. The van der Waals surface area contributed by atoms with Gasteiger partial charge in [-0.1, -0.05) is 48.9 Å². The molecule has 1 heterocycles. The molecule has 0 aromatic heterocycles. The van der Waals surface area contributed by atoms with Crippen molar-refractivity contribution < 1.29 is 40.1 Å². The van der Waals surface area contributed by atoms with E-state index < -0.39 is 49.8 Å². The number of rotatable bonds is 10. The first-order valence-electron chi connectivity index (χ1n) is 11.3. The van der Waals surface area contributed by atoms with E-state index in [-0.39, 0.29) is 13.2 Å². The molecule has 0 spiro atoms. The molecule has 6 atom stereocenters. The summed E-state index contributed by atoms with van der Waals surface area (Å²) in [6, 6.07) is 11.6. The Labute approximate surface area is 204 Å². The lowest BCUT2D eigenvalue weighted by molar-refractivity contribution is -0.232. The zero-order valence-electron chi connectivity index (χ0n) is 19.0. The monoisotopic (exact) mass is 496 g/mol. The van der Waals surface area contributed by atoms with Crippen molar-refractivity contribution in [2.24, 2.45) is 0 Å². The zero-order valence-corrected chi connectivity index (χ0v) is 19.8. The molecule has 1 aliphatic rings. The van der Waals surface area contributed by atoms with Crippen LogP contribution >= 0.6 is 11.6 Å². The molecule has 0 aliphatic carbocycles. The molecule has 2 aromatic rings. The zero-order chi connectivity index (χ0) is 24.8. The first kappa shape index (κ1) is 27.0. The number of ether oxygens (including phenoxy) is 2. The van der Waals surface area contributed by atoms with Crippen LogP contribution in [-0.4, -0.2) is 81.0 Å². The molecule has 0 amide bonds. The molecule has 1 unspecified atom stereocenters. The van der Waals surface area contributed by atoms with Gasteiger partial charge >= 0.3 is 0 Å². The minimum absolute atomic E-state index is 0.00733. The summed E-state index contributed by atoms with van der Waals surface area (Å²) in [7, 11) is 0. The number of hydrogen-bond donors (Lipinski definition) is 6. The Morgan fingerprint density at radius 3 is 2.26 bits per heavy atom. The molecule has 8 nitrogen and oxygen atoms in total. The van der Waals surface area contributed by atoms with Gasteiger partial charge in [0.1, 0.15) is 36.6 Å². The largest absolute Gasteiger partial charge is 0.394 e. The van der Waals surface area contributed by atoms with Crippen LogP contribution in [0.2, 0.25) is 5.02 Å². The molecule has 9 heteroatoms. The standard InChI is InChI=1S/C25H33ClO8/c1-2-14-3-5-15(6-4-14)7-16-8-19(17(9-20(16)26)12-33-13-18(29)10-27)25-24(32)23(31)22(30)21(11-28)34-25/h3-6,8-9,18,21-25,27-32H,2,7,10-13H2,1H3/t18?,21-,22-,23+,24-,25+/m1/s1. The van der Waals surface area contributed by atoms with Crippen LogP contribution in [0, 0.1) is 0 Å². The quantitative estimate of drug-likeness (QED) is 0.285. The van der Waals surface area contributed by atoms with Gasteiger partial charge in [0.15, 0.2) is 0 Å². The highest BCUT2D eigenvalue weighted by atomic mass is 35.5. The fourth-order valence-electron chi connectivity index (χ4n) is 4.03. The van der Waals surface area contributed by atoms with Gasteiger partial charge in [-0.3, -0.25) is 0 Å². The fourth-order valence-corrected chi connectivity index (χ4v) is 4.29. The molecule has 3 rings (SSSR count). The normalized spacial score (nSPS) is 25.9. The Bertz CT molecular complexity index is 920. The van der Waals surface area contributed by atoms with Crippen LogP contribution in [0.4, 0.5) is 0 Å². The van der Waals surface area contributed by atoms with Gasteiger partial charge in [-0.2, -0.15) is 0 Å². The second-order valence-corrected chi connectivity index (χ2v) is 9.00. The van der Waals surface area contributed by atoms with Crippen LogP contribution in [-0.2, 0) is 28.9 Å². The molecule has 188 valence electrons. The fraction of sp³-hybridized carbons (Fsp3) is 0.520. The molecule has 34 heavy (non-hydrogen) atoms. The summed E-state index contributed by atoms with van der Waals surface area (Å²) in [5.74, 6) is 0. The van der Waals surface area contributed by atoms with Gasteiger partial charge in [0.25, 0.3) is 0 Å². The van der Waals surface area contributed by atoms with E-state index in [2.05, 4.69) is 19.1 Å². The second kappa shape index (κ2) is 12.4. The SMILES string of the molecule is CCc1ccc(Cc2cc([C@@H]3O[C@H](CO)[C@@H](O)[C@H](O)[C@H]3O)c(COCC(O)CO)cc2Cl)cc1. The van der Waals surface area contributed by atoms with Crippen LogP contribution in [0.15, 0.2) is 36.4 Å². The van der Waals surface area contributed by atoms with Gasteiger partial charge in [0.05, 0.1) is 26.4 Å². The smallest absolute Gasteiger partial charge is 0.113 e. The molecule has 0 radical (unpaired) electrons. The van der Waals surface area contributed by atoms with E-state index in [1.54, 1.807) is 12.1 Å². The first-order valence-corrected chi connectivity index (χ1v) is 11.7. The molecule has 1 aliphatic heterocycles. The molecule has 0 bridgehead atoms. The van der Waals surface area contributed by atoms with Crippen molar-refractivity contribution in [3.8, 4) is 0 Å². The number of halogens is 1. The van der Waals surface area contributed by atoms with Crippen molar-refractivity contribution in [2.45, 2.75) is 63.0 Å². The van der Waals surface area contributed by atoms with Crippen LogP contribution in [0.5, 0.6) is 0 Å². The minimum Gasteiger partial charge on any atom is -0.394 e. The highest BCUT2D eigenvalue weighted by Crippen LogP contribution is 2.37. The van der Waals surface area contributed by atoms with E-state index in [1.165, 1.54) is 5.56 Å². The van der Waals surface area contributed by atoms with Crippen molar-refractivity contribution in [3.05, 3.63) is 69.2 Å². The highest BCUT2D eigenvalue weighted by molar-refractivity contribution is 6.31. The molecule has 6 N–H and O–H groups in total. The van der Waals surface area contributed by atoms with Gasteiger partial charge in [0.2, 0.25) is 0 Å². The predicted octanol–water partition coefficient (Wildman–Crippen LogP) is 0.878. The Morgan fingerprint density at radius 2 is 1.65 bits per heavy atom. The lowest BCUT2D eigenvalue weighted by Gasteiger charge is -2.41. The average molecular weight is 497 g/mol. The molecule has 0 saturated carbocycles. The lowest BCUT2D eigenvalue weighted by atomic mass is 9.87. The van der Waals surface area contributed by atoms with E-state index in [0.717, 1.165) is 17.5 Å². The van der Waals surface area contributed by atoms with Gasteiger partial charge < -0.3 is 40.1 Å². The summed E-state index contributed by atoms with van der Waals surface area (Å²) in [6.45, 7) is 0.968. The van der Waals surface area contributed by atoms with E-state index in [4.69, 9.17) is 26.2 Å². The second-order valence-electron chi connectivity index (χ2n) is 8.59. The topological polar surface area (TPSA) is 140 Å². The van der Waals surface area contributed by atoms with Crippen molar-refractivity contribution in [1.82, 2.24) is 0 Å². The maximum absolute atomic E-state index is 10.7. The van der Waals surface area contributed by atoms with Crippen molar-refractivity contribution >= 4 is 11.6 Å². The number of benzene rings is 2. The van der Waals surface area contributed by atoms with Crippen molar-refractivity contribution in [2.75, 3.05) is 19.8 Å². The third-order valence-corrected chi connectivity index (χ3v) is 6.46. The maximum atomic E-state index is 10.7. The average Bonchev–Trinajstić information content (AvgIpc) is 2.85.